The number of carboxylic acids is 2. The number of aryl methyl sites for hydroxylation is 3. The van der Waals surface area contributed by atoms with Crippen molar-refractivity contribution in [2.24, 2.45) is 5.73 Å². The van der Waals surface area contributed by atoms with Crippen molar-refractivity contribution in [1.82, 2.24) is 4.57 Å². The fourth-order valence-electron chi connectivity index (χ4n) is 3.45. The summed E-state index contributed by atoms with van der Waals surface area (Å²) < 4.78 is 2.51. The molecule has 8 nitrogen and oxygen atoms in total. The first-order valence-electron chi connectivity index (χ1n) is 8.91. The van der Waals surface area contributed by atoms with Crippen LogP contribution >= 0.6 is 0 Å². The number of aliphatic carboxylic acids is 2. The molecule has 2 heterocycles. The number of aliphatic hydroxyl groups is 2. The molecular formula is C19H26N2O6. The van der Waals surface area contributed by atoms with Gasteiger partial charge in [0, 0.05) is 17.6 Å². The zero-order valence-electron chi connectivity index (χ0n) is 15.3. The third-order valence-electron chi connectivity index (χ3n) is 4.82. The summed E-state index contributed by atoms with van der Waals surface area (Å²) in [7, 11) is 0. The molecule has 6 N–H and O–H groups in total. The summed E-state index contributed by atoms with van der Waals surface area (Å²) in [5.41, 5.74) is 11.6. The molecule has 0 aliphatic carbocycles. The number of aliphatic hydroxyl groups excluding tert-OH is 2. The quantitative estimate of drug-likeness (QED) is 0.496. The molecule has 148 valence electrons. The lowest BCUT2D eigenvalue weighted by Crippen LogP contribution is -2.39. The lowest BCUT2D eigenvalue weighted by atomic mass is 10.0. The Morgan fingerprint density at radius 2 is 1.81 bits per heavy atom. The highest BCUT2D eigenvalue weighted by Crippen LogP contribution is 2.32. The first-order chi connectivity index (χ1) is 12.8. The molecule has 0 amide bonds. The summed E-state index contributed by atoms with van der Waals surface area (Å²) >= 11 is 0. The number of carboxylic acid groups (broad SMARTS) is 2. The van der Waals surface area contributed by atoms with E-state index in [1.165, 1.54) is 47.1 Å². The molecule has 0 saturated carbocycles. The van der Waals surface area contributed by atoms with Crippen molar-refractivity contribution < 1.29 is 30.0 Å². The normalized spacial score (nSPS) is 15.0. The number of rotatable bonds is 6. The molecular weight excluding hydrogens is 352 g/mol. The van der Waals surface area contributed by atoms with Crippen LogP contribution < -0.4 is 5.73 Å². The van der Waals surface area contributed by atoms with E-state index >= 15 is 0 Å². The summed E-state index contributed by atoms with van der Waals surface area (Å²) in [5.74, 6) is -3.54. The Labute approximate surface area is 156 Å². The first kappa shape index (κ1) is 20.9. The van der Waals surface area contributed by atoms with E-state index in [9.17, 15) is 9.59 Å². The van der Waals surface area contributed by atoms with Gasteiger partial charge < -0.3 is 30.7 Å². The number of para-hydroxylation sites is 1. The second-order valence-electron chi connectivity index (χ2n) is 6.59. The van der Waals surface area contributed by atoms with Crippen molar-refractivity contribution >= 4 is 22.8 Å². The van der Waals surface area contributed by atoms with E-state index in [0.717, 1.165) is 19.4 Å². The summed E-state index contributed by atoms with van der Waals surface area (Å²) in [6, 6.07) is 6.77. The Balaban J connectivity index is 0.000000227. The SMILES string of the molecule is Cc1c(CCCN)c2cccc3c2n1CCC3.O=C(O)C(O)C(O)C(=O)O. The maximum absolute atomic E-state index is 9.77. The van der Waals surface area contributed by atoms with E-state index in [1.807, 2.05) is 0 Å². The monoisotopic (exact) mass is 378 g/mol. The fraction of sp³-hybridized carbons (Fsp3) is 0.474. The third kappa shape index (κ3) is 4.47. The summed E-state index contributed by atoms with van der Waals surface area (Å²) in [6.45, 7) is 4.23. The summed E-state index contributed by atoms with van der Waals surface area (Å²) in [4.78, 5) is 19.5. The van der Waals surface area contributed by atoms with Crippen LogP contribution in [0.5, 0.6) is 0 Å². The largest absolute Gasteiger partial charge is 0.479 e. The second-order valence-corrected chi connectivity index (χ2v) is 6.59. The number of hydrogen-bond donors (Lipinski definition) is 5. The van der Waals surface area contributed by atoms with Gasteiger partial charge in [0.25, 0.3) is 0 Å². The number of benzene rings is 1. The zero-order chi connectivity index (χ0) is 20.1. The van der Waals surface area contributed by atoms with Gasteiger partial charge in [0.1, 0.15) is 0 Å². The molecule has 8 heteroatoms. The number of nitrogens with zero attached hydrogens (tertiary/aromatic N) is 1. The Morgan fingerprint density at radius 3 is 2.37 bits per heavy atom. The van der Waals surface area contributed by atoms with Gasteiger partial charge in [0.2, 0.25) is 0 Å². The highest BCUT2D eigenvalue weighted by atomic mass is 16.4. The van der Waals surface area contributed by atoms with Crippen molar-refractivity contribution in [2.75, 3.05) is 6.54 Å². The maximum atomic E-state index is 9.77. The van der Waals surface area contributed by atoms with Gasteiger partial charge in [-0.3, -0.25) is 0 Å². The smallest absolute Gasteiger partial charge is 0.335 e. The van der Waals surface area contributed by atoms with Gasteiger partial charge in [0.15, 0.2) is 12.2 Å². The van der Waals surface area contributed by atoms with Crippen LogP contribution in [0, 0.1) is 6.92 Å². The van der Waals surface area contributed by atoms with Crippen molar-refractivity contribution in [3.8, 4) is 0 Å². The average molecular weight is 378 g/mol. The highest BCUT2D eigenvalue weighted by molar-refractivity contribution is 5.88. The molecule has 2 atom stereocenters. The molecule has 0 fully saturated rings. The minimum Gasteiger partial charge on any atom is -0.479 e. The van der Waals surface area contributed by atoms with Crippen molar-refractivity contribution in [1.29, 1.82) is 0 Å². The van der Waals surface area contributed by atoms with Crippen LogP contribution in [0.2, 0.25) is 0 Å². The predicted molar refractivity (Wildman–Crippen MR) is 99.7 cm³/mol. The summed E-state index contributed by atoms with van der Waals surface area (Å²) in [5, 5.41) is 34.0. The molecule has 2 unspecified atom stereocenters. The Morgan fingerprint density at radius 1 is 1.19 bits per heavy atom. The predicted octanol–water partition coefficient (Wildman–Crippen LogP) is 0.665. The topological polar surface area (TPSA) is 146 Å². The molecule has 27 heavy (non-hydrogen) atoms. The molecule has 0 saturated heterocycles. The molecule has 1 aliphatic rings. The third-order valence-corrected chi connectivity index (χ3v) is 4.82. The van der Waals surface area contributed by atoms with Crippen LogP contribution in [0.15, 0.2) is 18.2 Å². The molecule has 0 bridgehead atoms. The Kier molecular flexibility index (Phi) is 6.95. The van der Waals surface area contributed by atoms with Gasteiger partial charge >= 0.3 is 11.9 Å². The molecule has 2 aromatic rings. The maximum Gasteiger partial charge on any atom is 0.335 e. The van der Waals surface area contributed by atoms with Crippen LogP contribution in [-0.2, 0) is 29.0 Å². The van der Waals surface area contributed by atoms with Crippen LogP contribution in [0.3, 0.4) is 0 Å². The zero-order valence-corrected chi connectivity index (χ0v) is 15.3. The number of hydrogen-bond acceptors (Lipinski definition) is 5. The van der Waals surface area contributed by atoms with E-state index in [2.05, 4.69) is 29.7 Å². The second kappa shape index (κ2) is 8.98. The van der Waals surface area contributed by atoms with Crippen LogP contribution in [0.1, 0.15) is 29.7 Å². The fourth-order valence-corrected chi connectivity index (χ4v) is 3.45. The van der Waals surface area contributed by atoms with Gasteiger partial charge in [-0.1, -0.05) is 18.2 Å². The molecule has 1 aliphatic heterocycles. The minimum absolute atomic E-state index is 0.784. The van der Waals surface area contributed by atoms with Gasteiger partial charge in [-0.25, -0.2) is 9.59 Å². The standard InChI is InChI=1S/C15H20N2.C4H6O6/c1-11-13(8-3-9-16)14-7-2-5-12-6-4-10-17(11)15(12)14;5-1(3(7)8)2(6)4(9)10/h2,5,7H,3-4,6,8-10,16H2,1H3;1-2,5-6H,(H,7,8)(H,9,10). The van der Waals surface area contributed by atoms with Gasteiger partial charge in [-0.05, 0) is 50.3 Å². The van der Waals surface area contributed by atoms with Gasteiger partial charge in [0.05, 0.1) is 5.52 Å². The van der Waals surface area contributed by atoms with Crippen molar-refractivity contribution in [3.05, 3.63) is 35.0 Å². The molecule has 1 aromatic carbocycles. The van der Waals surface area contributed by atoms with Gasteiger partial charge in [-0.15, -0.1) is 0 Å². The molecule has 0 spiro atoms. The van der Waals surface area contributed by atoms with Crippen molar-refractivity contribution in [3.63, 3.8) is 0 Å². The van der Waals surface area contributed by atoms with E-state index < -0.39 is 24.1 Å². The number of nitrogens with two attached hydrogens (primary N) is 1. The molecule has 0 radical (unpaired) electrons. The molecule has 1 aromatic heterocycles. The van der Waals surface area contributed by atoms with E-state index in [4.69, 9.17) is 26.2 Å². The lowest BCUT2D eigenvalue weighted by Gasteiger charge is -2.16. The van der Waals surface area contributed by atoms with Crippen LogP contribution in [0.4, 0.5) is 0 Å². The van der Waals surface area contributed by atoms with E-state index in [0.29, 0.717) is 0 Å². The average Bonchev–Trinajstić information content (AvgIpc) is 2.93. The van der Waals surface area contributed by atoms with Crippen molar-refractivity contribution in [2.45, 2.75) is 51.4 Å². The Bertz CT molecular complexity index is 811. The molecule has 3 rings (SSSR count). The summed E-state index contributed by atoms with van der Waals surface area (Å²) in [6.07, 6.45) is 0.184. The minimum atomic E-state index is -2.27. The van der Waals surface area contributed by atoms with Crippen LogP contribution in [0.25, 0.3) is 10.9 Å². The van der Waals surface area contributed by atoms with E-state index in [1.54, 1.807) is 0 Å². The highest BCUT2D eigenvalue weighted by Gasteiger charge is 2.29. The first-order valence-corrected chi connectivity index (χ1v) is 8.91. The van der Waals surface area contributed by atoms with E-state index in [-0.39, 0.29) is 0 Å². The van der Waals surface area contributed by atoms with Gasteiger partial charge in [-0.2, -0.15) is 0 Å². The van der Waals surface area contributed by atoms with Crippen LogP contribution in [-0.4, -0.2) is 55.7 Å². The Hall–Kier alpha value is -2.42. The number of carbonyl (C=O) groups is 2. The number of aromatic nitrogens is 1. The lowest BCUT2D eigenvalue weighted by molar-refractivity contribution is -0.165.